The van der Waals surface area contributed by atoms with Crippen LogP contribution < -0.4 is 19.5 Å². The van der Waals surface area contributed by atoms with Crippen molar-refractivity contribution in [1.29, 1.82) is 0 Å². The number of carbonyl (C=O) groups is 1. The Labute approximate surface area is 175 Å². The SMILES string of the molecule is O=C(NCC12CC3CC(CC(C3)C1)C2)c1ccc(COc2ccc3c(c2)OCO3)o1. The topological polar surface area (TPSA) is 69.9 Å². The lowest BCUT2D eigenvalue weighted by atomic mass is 9.49. The quantitative estimate of drug-likeness (QED) is 0.759. The van der Waals surface area contributed by atoms with Gasteiger partial charge in [0.15, 0.2) is 17.3 Å². The Balaban J connectivity index is 1.05. The molecule has 0 unspecified atom stereocenters. The number of amides is 1. The molecule has 1 aliphatic heterocycles. The van der Waals surface area contributed by atoms with Crippen molar-refractivity contribution in [1.82, 2.24) is 5.32 Å². The molecular formula is C24H27NO5. The summed E-state index contributed by atoms with van der Waals surface area (Å²) in [6.45, 7) is 1.26. The number of rotatable bonds is 6. The van der Waals surface area contributed by atoms with Crippen LogP contribution in [-0.4, -0.2) is 19.2 Å². The van der Waals surface area contributed by atoms with Crippen molar-refractivity contribution in [3.8, 4) is 17.2 Å². The minimum atomic E-state index is -0.125. The standard InChI is InChI=1S/C24H27NO5/c26-23(25-13-24-9-15-5-16(10-24)7-17(6-15)11-24)21-4-2-19(30-21)12-27-18-1-3-20-22(8-18)29-14-28-20/h1-4,8,15-17H,5-7,9-14H2,(H,25,26). The summed E-state index contributed by atoms with van der Waals surface area (Å²) in [5.74, 6) is 5.57. The van der Waals surface area contributed by atoms with E-state index in [4.69, 9.17) is 18.6 Å². The zero-order chi connectivity index (χ0) is 20.1. The summed E-state index contributed by atoms with van der Waals surface area (Å²) in [5.41, 5.74) is 0.322. The summed E-state index contributed by atoms with van der Waals surface area (Å²) >= 11 is 0. The molecule has 0 atom stereocenters. The number of furan rings is 1. The number of benzene rings is 1. The van der Waals surface area contributed by atoms with Gasteiger partial charge in [-0.3, -0.25) is 4.79 Å². The molecule has 1 amide bonds. The summed E-state index contributed by atoms with van der Waals surface area (Å²) in [7, 11) is 0. The van der Waals surface area contributed by atoms with E-state index in [1.807, 2.05) is 12.1 Å². The molecule has 0 radical (unpaired) electrons. The highest BCUT2D eigenvalue weighted by Gasteiger charge is 2.50. The molecule has 30 heavy (non-hydrogen) atoms. The first-order valence-electron chi connectivity index (χ1n) is 11.0. The van der Waals surface area contributed by atoms with Gasteiger partial charge >= 0.3 is 0 Å². The molecule has 1 aromatic carbocycles. The van der Waals surface area contributed by atoms with Crippen molar-refractivity contribution < 1.29 is 23.4 Å². The van der Waals surface area contributed by atoms with Crippen LogP contribution >= 0.6 is 0 Å². The highest BCUT2D eigenvalue weighted by molar-refractivity contribution is 5.91. The molecule has 1 N–H and O–H groups in total. The van der Waals surface area contributed by atoms with E-state index in [1.54, 1.807) is 18.2 Å². The van der Waals surface area contributed by atoms with E-state index < -0.39 is 0 Å². The van der Waals surface area contributed by atoms with E-state index in [0.717, 1.165) is 30.0 Å². The Kier molecular flexibility index (Phi) is 4.22. The van der Waals surface area contributed by atoms with Crippen LogP contribution in [0.3, 0.4) is 0 Å². The van der Waals surface area contributed by atoms with Gasteiger partial charge in [0.1, 0.15) is 18.1 Å². The summed E-state index contributed by atoms with van der Waals surface area (Å²) in [6, 6.07) is 8.98. The van der Waals surface area contributed by atoms with Crippen molar-refractivity contribution in [2.75, 3.05) is 13.3 Å². The maximum absolute atomic E-state index is 12.7. The molecule has 4 bridgehead atoms. The molecule has 4 fully saturated rings. The number of carbonyl (C=O) groups excluding carboxylic acids is 1. The van der Waals surface area contributed by atoms with Gasteiger partial charge < -0.3 is 23.9 Å². The van der Waals surface area contributed by atoms with Crippen LogP contribution in [0.2, 0.25) is 0 Å². The summed E-state index contributed by atoms with van der Waals surface area (Å²) in [6.07, 6.45) is 8.10. The normalized spacial score (nSPS) is 30.5. The molecule has 1 aromatic heterocycles. The minimum absolute atomic E-state index is 0.125. The molecule has 5 aliphatic rings. The molecule has 0 saturated heterocycles. The molecule has 2 heterocycles. The van der Waals surface area contributed by atoms with Crippen molar-refractivity contribution in [3.05, 3.63) is 41.9 Å². The molecule has 7 rings (SSSR count). The largest absolute Gasteiger partial charge is 0.486 e. The zero-order valence-electron chi connectivity index (χ0n) is 17.0. The van der Waals surface area contributed by atoms with E-state index in [9.17, 15) is 4.79 Å². The van der Waals surface area contributed by atoms with Gasteiger partial charge in [0.2, 0.25) is 6.79 Å². The number of hydrogen-bond donors (Lipinski definition) is 1. The van der Waals surface area contributed by atoms with Gasteiger partial charge in [0, 0.05) is 12.6 Å². The van der Waals surface area contributed by atoms with Crippen molar-refractivity contribution >= 4 is 5.91 Å². The predicted octanol–water partition coefficient (Wildman–Crippen LogP) is 4.53. The third-order valence-electron chi connectivity index (χ3n) is 7.40. The van der Waals surface area contributed by atoms with Crippen LogP contribution in [0.4, 0.5) is 0 Å². The Morgan fingerprint density at radius 3 is 2.50 bits per heavy atom. The molecular weight excluding hydrogens is 382 g/mol. The summed E-state index contributed by atoms with van der Waals surface area (Å²) in [4.78, 5) is 12.7. The second-order valence-electron chi connectivity index (χ2n) is 9.67. The molecule has 6 heteroatoms. The number of fused-ring (bicyclic) bond motifs is 1. The molecule has 0 spiro atoms. The van der Waals surface area contributed by atoms with Crippen molar-refractivity contribution in [2.24, 2.45) is 23.2 Å². The fraction of sp³-hybridized carbons (Fsp3) is 0.542. The third kappa shape index (κ3) is 3.32. The fourth-order valence-electron chi connectivity index (χ4n) is 6.56. The molecule has 6 nitrogen and oxygen atoms in total. The van der Waals surface area contributed by atoms with Crippen LogP contribution in [-0.2, 0) is 6.61 Å². The number of nitrogens with one attached hydrogen (secondary N) is 1. The first-order valence-corrected chi connectivity index (χ1v) is 11.0. The second kappa shape index (κ2) is 6.96. The van der Waals surface area contributed by atoms with Gasteiger partial charge in [-0.2, -0.15) is 0 Å². The first kappa shape index (κ1) is 18.2. The maximum atomic E-state index is 12.7. The summed E-state index contributed by atoms with van der Waals surface area (Å²) in [5, 5.41) is 3.17. The third-order valence-corrected chi connectivity index (χ3v) is 7.40. The molecule has 158 valence electrons. The van der Waals surface area contributed by atoms with Gasteiger partial charge in [-0.05, 0) is 86.0 Å². The number of ether oxygens (including phenoxy) is 3. The smallest absolute Gasteiger partial charge is 0.287 e. The second-order valence-corrected chi connectivity index (χ2v) is 9.67. The van der Waals surface area contributed by atoms with Crippen LogP contribution in [0.15, 0.2) is 34.7 Å². The van der Waals surface area contributed by atoms with Gasteiger partial charge in [-0.15, -0.1) is 0 Å². The maximum Gasteiger partial charge on any atom is 0.287 e. The molecule has 4 saturated carbocycles. The van der Waals surface area contributed by atoms with Gasteiger partial charge in [-0.1, -0.05) is 0 Å². The lowest BCUT2D eigenvalue weighted by Crippen LogP contribution is -2.51. The Bertz CT molecular complexity index is 929. The summed E-state index contributed by atoms with van der Waals surface area (Å²) < 4.78 is 22.2. The van der Waals surface area contributed by atoms with E-state index in [2.05, 4.69) is 5.32 Å². The number of hydrogen-bond acceptors (Lipinski definition) is 5. The lowest BCUT2D eigenvalue weighted by Gasteiger charge is -2.56. The van der Waals surface area contributed by atoms with Crippen molar-refractivity contribution in [2.45, 2.75) is 45.1 Å². The van der Waals surface area contributed by atoms with E-state index in [-0.39, 0.29) is 19.3 Å². The van der Waals surface area contributed by atoms with E-state index >= 15 is 0 Å². The Morgan fingerprint density at radius 2 is 1.73 bits per heavy atom. The Morgan fingerprint density at radius 1 is 1.00 bits per heavy atom. The van der Waals surface area contributed by atoms with Gasteiger partial charge in [0.05, 0.1) is 0 Å². The average molecular weight is 409 g/mol. The van der Waals surface area contributed by atoms with Crippen LogP contribution in [0.25, 0.3) is 0 Å². The highest BCUT2D eigenvalue weighted by atomic mass is 16.7. The molecule has 2 aromatic rings. The highest BCUT2D eigenvalue weighted by Crippen LogP contribution is 2.59. The fourth-order valence-corrected chi connectivity index (χ4v) is 6.56. The first-order chi connectivity index (χ1) is 14.6. The zero-order valence-corrected chi connectivity index (χ0v) is 17.0. The van der Waals surface area contributed by atoms with Crippen molar-refractivity contribution in [3.63, 3.8) is 0 Å². The monoisotopic (exact) mass is 409 g/mol. The lowest BCUT2D eigenvalue weighted by molar-refractivity contribution is -0.0504. The van der Waals surface area contributed by atoms with E-state index in [0.29, 0.717) is 28.4 Å². The van der Waals surface area contributed by atoms with Gasteiger partial charge in [-0.25, -0.2) is 0 Å². The van der Waals surface area contributed by atoms with Crippen LogP contribution in [0.1, 0.15) is 54.8 Å². The van der Waals surface area contributed by atoms with Crippen LogP contribution in [0, 0.1) is 23.2 Å². The molecule has 4 aliphatic carbocycles. The Hall–Kier alpha value is -2.63. The van der Waals surface area contributed by atoms with Crippen LogP contribution in [0.5, 0.6) is 17.2 Å². The van der Waals surface area contributed by atoms with E-state index in [1.165, 1.54) is 38.5 Å². The predicted molar refractivity (Wildman–Crippen MR) is 109 cm³/mol. The minimum Gasteiger partial charge on any atom is -0.486 e. The van der Waals surface area contributed by atoms with Gasteiger partial charge in [0.25, 0.3) is 5.91 Å². The average Bonchev–Trinajstić information content (AvgIpc) is 3.38.